The van der Waals surface area contributed by atoms with Gasteiger partial charge in [0.1, 0.15) is 0 Å². The highest BCUT2D eigenvalue weighted by atomic mass is 35.5. The number of hydrogen-bond donors (Lipinski definition) is 1. The molecule has 0 aliphatic carbocycles. The van der Waals surface area contributed by atoms with Crippen LogP contribution < -0.4 is 5.32 Å². The summed E-state index contributed by atoms with van der Waals surface area (Å²) in [7, 11) is 1.36. The fourth-order valence-electron chi connectivity index (χ4n) is 2.05. The first-order valence-electron chi connectivity index (χ1n) is 6.93. The lowest BCUT2D eigenvalue weighted by atomic mass is 10.2. The van der Waals surface area contributed by atoms with Gasteiger partial charge in [0.15, 0.2) is 5.13 Å². The molecule has 0 aliphatic rings. The summed E-state index contributed by atoms with van der Waals surface area (Å²) in [6.45, 7) is 0. The van der Waals surface area contributed by atoms with E-state index in [1.807, 2.05) is 11.4 Å². The van der Waals surface area contributed by atoms with Crippen molar-refractivity contribution >= 4 is 51.3 Å². The molecule has 0 saturated heterocycles. The van der Waals surface area contributed by atoms with Gasteiger partial charge in [0.25, 0.3) is 0 Å². The zero-order valence-corrected chi connectivity index (χ0v) is 14.9. The van der Waals surface area contributed by atoms with Gasteiger partial charge < -0.3 is 10.1 Å². The second kappa shape index (κ2) is 7.21. The molecule has 24 heavy (non-hydrogen) atoms. The van der Waals surface area contributed by atoms with Gasteiger partial charge in [-0.1, -0.05) is 29.3 Å². The van der Waals surface area contributed by atoms with Gasteiger partial charge in [-0.15, -0.1) is 11.3 Å². The van der Waals surface area contributed by atoms with E-state index in [1.54, 1.807) is 36.4 Å². The molecule has 2 aromatic carbocycles. The third-order valence-corrected chi connectivity index (χ3v) is 4.77. The van der Waals surface area contributed by atoms with Crippen molar-refractivity contribution in [2.45, 2.75) is 0 Å². The zero-order chi connectivity index (χ0) is 17.1. The monoisotopic (exact) mass is 378 g/mol. The first kappa shape index (κ1) is 16.8. The van der Waals surface area contributed by atoms with Crippen LogP contribution in [0.1, 0.15) is 10.4 Å². The number of aromatic nitrogens is 1. The number of rotatable bonds is 4. The van der Waals surface area contributed by atoms with Crippen molar-refractivity contribution in [3.8, 4) is 11.3 Å². The molecule has 1 heterocycles. The highest BCUT2D eigenvalue weighted by molar-refractivity contribution is 7.14. The van der Waals surface area contributed by atoms with Gasteiger partial charge in [0.05, 0.1) is 28.4 Å². The standard InChI is InChI=1S/C17H12Cl2N2O2S/c1-23-16(22)10-2-5-12(6-3-10)20-17-21-15(9-24-17)11-4-7-13(18)14(19)8-11/h2-9H,1H3,(H,20,21). The van der Waals surface area contributed by atoms with Crippen molar-refractivity contribution in [3.63, 3.8) is 0 Å². The van der Waals surface area contributed by atoms with Crippen molar-refractivity contribution < 1.29 is 9.53 Å². The Morgan fingerprint density at radius 1 is 1.12 bits per heavy atom. The lowest BCUT2D eigenvalue weighted by Crippen LogP contribution is -2.00. The molecule has 0 radical (unpaired) electrons. The lowest BCUT2D eigenvalue weighted by Gasteiger charge is -2.04. The molecule has 3 rings (SSSR count). The van der Waals surface area contributed by atoms with Crippen molar-refractivity contribution in [3.05, 3.63) is 63.5 Å². The number of ether oxygens (including phenoxy) is 1. The Morgan fingerprint density at radius 2 is 1.88 bits per heavy atom. The van der Waals surface area contributed by atoms with Crippen LogP contribution in [0.25, 0.3) is 11.3 Å². The quantitative estimate of drug-likeness (QED) is 0.596. The molecule has 3 aromatic rings. The summed E-state index contributed by atoms with van der Waals surface area (Å²) in [6.07, 6.45) is 0. The number of anilines is 2. The van der Waals surface area contributed by atoms with Gasteiger partial charge in [-0.3, -0.25) is 0 Å². The van der Waals surface area contributed by atoms with Crippen LogP contribution >= 0.6 is 34.5 Å². The number of halogens is 2. The van der Waals surface area contributed by atoms with Gasteiger partial charge >= 0.3 is 5.97 Å². The molecule has 0 amide bonds. The predicted molar refractivity (Wildman–Crippen MR) is 98.6 cm³/mol. The van der Waals surface area contributed by atoms with Crippen LogP contribution in [0.15, 0.2) is 47.8 Å². The first-order valence-corrected chi connectivity index (χ1v) is 8.57. The molecule has 0 aliphatic heterocycles. The normalized spacial score (nSPS) is 10.5. The Balaban J connectivity index is 1.76. The molecule has 0 bridgehead atoms. The molecule has 0 fully saturated rings. The average molecular weight is 379 g/mol. The maximum atomic E-state index is 11.4. The molecular formula is C17H12Cl2N2O2S. The molecule has 0 spiro atoms. The van der Waals surface area contributed by atoms with E-state index in [0.717, 1.165) is 22.1 Å². The van der Waals surface area contributed by atoms with Gasteiger partial charge in [0.2, 0.25) is 0 Å². The smallest absolute Gasteiger partial charge is 0.337 e. The number of benzene rings is 2. The molecule has 0 atom stereocenters. The average Bonchev–Trinajstić information content (AvgIpc) is 3.06. The van der Waals surface area contributed by atoms with Crippen molar-refractivity contribution in [1.82, 2.24) is 4.98 Å². The number of nitrogens with zero attached hydrogens (tertiary/aromatic N) is 1. The summed E-state index contributed by atoms with van der Waals surface area (Å²) >= 11 is 13.4. The van der Waals surface area contributed by atoms with Crippen LogP contribution in [0.3, 0.4) is 0 Å². The summed E-state index contributed by atoms with van der Waals surface area (Å²) in [5.74, 6) is -0.363. The molecule has 7 heteroatoms. The molecule has 0 unspecified atom stereocenters. The van der Waals surface area contributed by atoms with Gasteiger partial charge in [0, 0.05) is 16.6 Å². The lowest BCUT2D eigenvalue weighted by molar-refractivity contribution is 0.0601. The zero-order valence-electron chi connectivity index (χ0n) is 12.5. The second-order valence-corrected chi connectivity index (χ2v) is 6.53. The van der Waals surface area contributed by atoms with Crippen LogP contribution in [-0.4, -0.2) is 18.1 Å². The van der Waals surface area contributed by atoms with E-state index in [9.17, 15) is 4.79 Å². The largest absolute Gasteiger partial charge is 0.465 e. The number of thiazole rings is 1. The third-order valence-electron chi connectivity index (χ3n) is 3.28. The van der Waals surface area contributed by atoms with Gasteiger partial charge in [-0.05, 0) is 36.4 Å². The summed E-state index contributed by atoms with van der Waals surface area (Å²) in [6, 6.07) is 12.4. The summed E-state index contributed by atoms with van der Waals surface area (Å²) < 4.78 is 4.67. The van der Waals surface area contributed by atoms with Gasteiger partial charge in [-0.25, -0.2) is 9.78 Å². The minimum absolute atomic E-state index is 0.363. The molecule has 1 N–H and O–H groups in total. The number of carbonyl (C=O) groups is 1. The predicted octanol–water partition coefficient (Wildman–Crippen LogP) is 5.65. The molecule has 122 valence electrons. The minimum Gasteiger partial charge on any atom is -0.465 e. The second-order valence-electron chi connectivity index (χ2n) is 4.86. The fourth-order valence-corrected chi connectivity index (χ4v) is 3.09. The summed E-state index contributed by atoms with van der Waals surface area (Å²) in [5, 5.41) is 6.88. The SMILES string of the molecule is COC(=O)c1ccc(Nc2nc(-c3ccc(Cl)c(Cl)c3)cs2)cc1. The first-order chi connectivity index (χ1) is 11.6. The Kier molecular flexibility index (Phi) is 5.04. The number of carbonyl (C=O) groups excluding carboxylic acids is 1. The molecule has 4 nitrogen and oxygen atoms in total. The van der Waals surface area contributed by atoms with Crippen molar-refractivity contribution in [2.24, 2.45) is 0 Å². The minimum atomic E-state index is -0.363. The Bertz CT molecular complexity index is 879. The number of nitrogens with one attached hydrogen (secondary N) is 1. The van der Waals surface area contributed by atoms with Crippen LogP contribution in [0.2, 0.25) is 10.0 Å². The summed E-state index contributed by atoms with van der Waals surface area (Å²) in [5.41, 5.74) is 3.04. The molecular weight excluding hydrogens is 367 g/mol. The van der Waals surface area contributed by atoms with Crippen LogP contribution in [0.5, 0.6) is 0 Å². The Morgan fingerprint density at radius 3 is 2.54 bits per heavy atom. The van der Waals surface area contributed by atoms with E-state index in [-0.39, 0.29) is 5.97 Å². The third kappa shape index (κ3) is 3.70. The van der Waals surface area contributed by atoms with E-state index < -0.39 is 0 Å². The van der Waals surface area contributed by atoms with Crippen molar-refractivity contribution in [1.29, 1.82) is 0 Å². The highest BCUT2D eigenvalue weighted by Crippen LogP contribution is 2.31. The van der Waals surface area contributed by atoms with Crippen LogP contribution in [-0.2, 0) is 4.74 Å². The Labute approximate surface area is 153 Å². The van der Waals surface area contributed by atoms with Gasteiger partial charge in [-0.2, -0.15) is 0 Å². The van der Waals surface area contributed by atoms with E-state index in [2.05, 4.69) is 15.0 Å². The Hall–Kier alpha value is -2.08. The highest BCUT2D eigenvalue weighted by Gasteiger charge is 2.08. The maximum Gasteiger partial charge on any atom is 0.337 e. The summed E-state index contributed by atoms with van der Waals surface area (Å²) in [4.78, 5) is 16.0. The van der Waals surface area contributed by atoms with Crippen LogP contribution in [0, 0.1) is 0 Å². The van der Waals surface area contributed by atoms with E-state index in [4.69, 9.17) is 23.2 Å². The maximum absolute atomic E-state index is 11.4. The van der Waals surface area contributed by atoms with Crippen molar-refractivity contribution in [2.75, 3.05) is 12.4 Å². The molecule has 0 saturated carbocycles. The number of methoxy groups -OCH3 is 1. The number of hydrogen-bond acceptors (Lipinski definition) is 5. The van der Waals surface area contributed by atoms with E-state index >= 15 is 0 Å². The number of esters is 1. The molecule has 1 aromatic heterocycles. The van der Waals surface area contributed by atoms with E-state index in [0.29, 0.717) is 15.6 Å². The fraction of sp³-hybridized carbons (Fsp3) is 0.0588. The van der Waals surface area contributed by atoms with Crippen LogP contribution in [0.4, 0.5) is 10.8 Å². The van der Waals surface area contributed by atoms with E-state index in [1.165, 1.54) is 18.4 Å². The topological polar surface area (TPSA) is 51.2 Å².